The number of rotatable bonds is 7. The molecule has 0 amide bonds. The van der Waals surface area contributed by atoms with Crippen molar-refractivity contribution in [2.24, 2.45) is 0 Å². The van der Waals surface area contributed by atoms with Gasteiger partial charge in [0, 0.05) is 22.7 Å². The van der Waals surface area contributed by atoms with Gasteiger partial charge in [0.15, 0.2) is 0 Å². The third-order valence-electron chi connectivity index (χ3n) is 3.53. The lowest BCUT2D eigenvalue weighted by Crippen LogP contribution is -2.18. The van der Waals surface area contributed by atoms with Crippen molar-refractivity contribution < 1.29 is 14.2 Å². The van der Waals surface area contributed by atoms with Gasteiger partial charge >= 0.3 is 0 Å². The van der Waals surface area contributed by atoms with Gasteiger partial charge in [0.25, 0.3) is 5.78 Å². The number of aliphatic hydroxyl groups is 1. The average Bonchev–Trinajstić information content (AvgIpc) is 2.98. The number of halogens is 1. The molecule has 1 aromatic carbocycles. The van der Waals surface area contributed by atoms with E-state index in [2.05, 4.69) is 15.1 Å². The van der Waals surface area contributed by atoms with Crippen LogP contribution in [0.3, 0.4) is 0 Å². The summed E-state index contributed by atoms with van der Waals surface area (Å²) in [6.07, 6.45) is -0.695. The SMILES string of the molecule is Cc1cc(C)n2nc(SC[C@H](O)COCc3ccccc3F)nc2n1. The number of aryl methyl sites for hydroxylation is 2. The maximum absolute atomic E-state index is 13.5. The van der Waals surface area contributed by atoms with Gasteiger partial charge in [0.1, 0.15) is 5.82 Å². The molecule has 0 saturated carbocycles. The van der Waals surface area contributed by atoms with Crippen molar-refractivity contribution in [3.8, 4) is 0 Å². The Balaban J connectivity index is 1.50. The second-order valence-corrected chi connectivity index (χ2v) is 6.70. The Morgan fingerprint density at radius 1 is 1.28 bits per heavy atom. The van der Waals surface area contributed by atoms with Crippen molar-refractivity contribution in [2.45, 2.75) is 31.7 Å². The zero-order valence-corrected chi connectivity index (χ0v) is 14.8. The number of hydrogen-bond acceptors (Lipinski definition) is 6. The molecule has 3 rings (SSSR count). The van der Waals surface area contributed by atoms with Crippen LogP contribution in [0.15, 0.2) is 35.5 Å². The average molecular weight is 362 g/mol. The number of hydrogen-bond donors (Lipinski definition) is 1. The van der Waals surface area contributed by atoms with E-state index in [1.54, 1.807) is 22.7 Å². The molecular formula is C17H19FN4O2S. The smallest absolute Gasteiger partial charge is 0.253 e. The molecule has 2 heterocycles. The molecule has 0 fully saturated rings. The molecule has 0 bridgehead atoms. The van der Waals surface area contributed by atoms with E-state index in [0.29, 0.717) is 22.3 Å². The van der Waals surface area contributed by atoms with E-state index in [1.165, 1.54) is 17.8 Å². The Kier molecular flexibility index (Phi) is 5.62. The number of thioether (sulfide) groups is 1. The highest BCUT2D eigenvalue weighted by Gasteiger charge is 2.12. The number of ether oxygens (including phenoxy) is 1. The summed E-state index contributed by atoms with van der Waals surface area (Å²) in [5.41, 5.74) is 2.31. The fourth-order valence-electron chi connectivity index (χ4n) is 2.35. The van der Waals surface area contributed by atoms with Gasteiger partial charge in [0.2, 0.25) is 5.16 Å². The van der Waals surface area contributed by atoms with Crippen LogP contribution in [0.25, 0.3) is 5.78 Å². The zero-order chi connectivity index (χ0) is 17.8. The van der Waals surface area contributed by atoms with Crippen LogP contribution < -0.4 is 0 Å². The van der Waals surface area contributed by atoms with Crippen molar-refractivity contribution in [3.05, 3.63) is 53.1 Å². The molecule has 0 aliphatic heterocycles. The monoisotopic (exact) mass is 362 g/mol. The lowest BCUT2D eigenvalue weighted by atomic mass is 10.2. The minimum Gasteiger partial charge on any atom is -0.390 e. The number of benzene rings is 1. The number of aromatic nitrogens is 4. The van der Waals surface area contributed by atoms with E-state index in [1.807, 2.05) is 19.9 Å². The highest BCUT2D eigenvalue weighted by molar-refractivity contribution is 7.99. The Morgan fingerprint density at radius 3 is 2.88 bits per heavy atom. The predicted molar refractivity (Wildman–Crippen MR) is 93.0 cm³/mol. The summed E-state index contributed by atoms with van der Waals surface area (Å²) in [5.74, 6) is 0.621. The molecule has 3 aromatic rings. The maximum Gasteiger partial charge on any atom is 0.253 e. The quantitative estimate of drug-likeness (QED) is 0.651. The second kappa shape index (κ2) is 7.90. The minimum atomic E-state index is -0.695. The normalized spacial score (nSPS) is 12.6. The maximum atomic E-state index is 13.5. The first-order chi connectivity index (χ1) is 12.0. The van der Waals surface area contributed by atoms with Gasteiger partial charge in [-0.2, -0.15) is 4.98 Å². The fraction of sp³-hybridized carbons (Fsp3) is 0.353. The molecule has 25 heavy (non-hydrogen) atoms. The van der Waals surface area contributed by atoms with Gasteiger partial charge in [-0.3, -0.25) is 0 Å². The largest absolute Gasteiger partial charge is 0.390 e. The molecule has 8 heteroatoms. The molecule has 0 aliphatic rings. The van der Waals surface area contributed by atoms with E-state index >= 15 is 0 Å². The molecular weight excluding hydrogens is 343 g/mol. The van der Waals surface area contributed by atoms with Crippen LogP contribution >= 0.6 is 11.8 Å². The van der Waals surface area contributed by atoms with Gasteiger partial charge in [-0.1, -0.05) is 30.0 Å². The molecule has 1 N–H and O–H groups in total. The van der Waals surface area contributed by atoms with Gasteiger partial charge in [-0.05, 0) is 26.0 Å². The van der Waals surface area contributed by atoms with E-state index in [4.69, 9.17) is 4.74 Å². The third-order valence-corrected chi connectivity index (χ3v) is 4.51. The van der Waals surface area contributed by atoms with Crippen LogP contribution in [0.4, 0.5) is 4.39 Å². The molecule has 1 atom stereocenters. The van der Waals surface area contributed by atoms with Crippen LogP contribution in [0.1, 0.15) is 17.0 Å². The topological polar surface area (TPSA) is 72.5 Å². The van der Waals surface area contributed by atoms with Crippen LogP contribution in [0.2, 0.25) is 0 Å². The molecule has 0 aliphatic carbocycles. The number of fused-ring (bicyclic) bond motifs is 1. The lowest BCUT2D eigenvalue weighted by Gasteiger charge is -2.10. The van der Waals surface area contributed by atoms with Crippen molar-refractivity contribution >= 4 is 17.5 Å². The summed E-state index contributed by atoms with van der Waals surface area (Å²) in [4.78, 5) is 8.68. The van der Waals surface area contributed by atoms with Gasteiger partial charge in [-0.15, -0.1) is 5.10 Å². The summed E-state index contributed by atoms with van der Waals surface area (Å²) >= 11 is 1.33. The van der Waals surface area contributed by atoms with E-state index in [0.717, 1.165) is 11.4 Å². The molecule has 2 aromatic heterocycles. The van der Waals surface area contributed by atoms with Crippen LogP contribution in [0, 0.1) is 19.7 Å². The van der Waals surface area contributed by atoms with Crippen LogP contribution in [-0.4, -0.2) is 43.2 Å². The molecule has 6 nitrogen and oxygen atoms in total. The Labute approximate surface area is 149 Å². The van der Waals surface area contributed by atoms with E-state index < -0.39 is 6.10 Å². The number of aliphatic hydroxyl groups excluding tert-OH is 1. The van der Waals surface area contributed by atoms with Crippen LogP contribution in [0.5, 0.6) is 0 Å². The number of nitrogens with zero attached hydrogens (tertiary/aromatic N) is 4. The standard InChI is InChI=1S/C17H19FN4O2S/c1-11-7-12(2)22-16(19-11)20-17(21-22)25-10-14(23)9-24-8-13-5-3-4-6-15(13)18/h3-7,14,23H,8-10H2,1-2H3/t14-/m1/s1. The molecule has 0 saturated heterocycles. The first-order valence-corrected chi connectivity index (χ1v) is 8.84. The van der Waals surface area contributed by atoms with Crippen LogP contribution in [-0.2, 0) is 11.3 Å². The van der Waals surface area contributed by atoms with E-state index in [9.17, 15) is 9.50 Å². The highest BCUT2D eigenvalue weighted by Crippen LogP contribution is 2.17. The third kappa shape index (κ3) is 4.53. The van der Waals surface area contributed by atoms with Gasteiger partial charge in [-0.25, -0.2) is 13.9 Å². The summed E-state index contributed by atoms with van der Waals surface area (Å²) in [5, 5.41) is 14.9. The predicted octanol–water partition coefficient (Wildman–Crippen LogP) is 2.55. The Hall–Kier alpha value is -2.03. The first-order valence-electron chi connectivity index (χ1n) is 7.86. The molecule has 0 spiro atoms. The van der Waals surface area contributed by atoms with E-state index in [-0.39, 0.29) is 19.0 Å². The molecule has 132 valence electrons. The van der Waals surface area contributed by atoms with Gasteiger partial charge in [0.05, 0.1) is 19.3 Å². The van der Waals surface area contributed by atoms with Crippen molar-refractivity contribution in [1.82, 2.24) is 19.6 Å². The fourth-order valence-corrected chi connectivity index (χ4v) is 3.07. The summed E-state index contributed by atoms with van der Waals surface area (Å²) in [6, 6.07) is 8.36. The molecule has 0 unspecified atom stereocenters. The van der Waals surface area contributed by atoms with Crippen molar-refractivity contribution in [2.75, 3.05) is 12.4 Å². The zero-order valence-electron chi connectivity index (χ0n) is 14.0. The first kappa shape index (κ1) is 17.8. The Bertz CT molecular complexity index is 871. The lowest BCUT2D eigenvalue weighted by molar-refractivity contribution is 0.0386. The van der Waals surface area contributed by atoms with Gasteiger partial charge < -0.3 is 9.84 Å². The summed E-state index contributed by atoms with van der Waals surface area (Å²) in [7, 11) is 0. The second-order valence-electron chi connectivity index (χ2n) is 5.72. The summed E-state index contributed by atoms with van der Waals surface area (Å²) in [6.45, 7) is 4.09. The van der Waals surface area contributed by atoms with Crippen molar-refractivity contribution in [1.29, 1.82) is 0 Å². The highest BCUT2D eigenvalue weighted by atomic mass is 32.2. The minimum absolute atomic E-state index is 0.116. The Morgan fingerprint density at radius 2 is 2.08 bits per heavy atom. The van der Waals surface area contributed by atoms with Crippen molar-refractivity contribution in [3.63, 3.8) is 0 Å². The molecule has 0 radical (unpaired) electrons. The summed E-state index contributed by atoms with van der Waals surface area (Å²) < 4.78 is 20.5.